The van der Waals surface area contributed by atoms with Gasteiger partial charge in [-0.1, -0.05) is 40.5 Å². The molecule has 0 saturated heterocycles. The van der Waals surface area contributed by atoms with Crippen molar-refractivity contribution in [3.05, 3.63) is 38.0 Å². The van der Waals surface area contributed by atoms with Gasteiger partial charge in [-0.25, -0.2) is 14.4 Å². The Labute approximate surface area is 246 Å². The van der Waals surface area contributed by atoms with Crippen molar-refractivity contribution >= 4 is 53.4 Å². The summed E-state index contributed by atoms with van der Waals surface area (Å²) in [6.45, 7) is 17.0. The Morgan fingerprint density at radius 3 is 1.27 bits per heavy atom. The molecule has 0 radical (unpaired) electrons. The molecular formula is C28H44O10S2. The van der Waals surface area contributed by atoms with Gasteiger partial charge in [0.05, 0.1) is 32.7 Å². The normalized spacial score (nSPS) is 11.4. The SMILES string of the molecule is C=CC(=O)OC(CSCCC(=O)OCCC)C(CSCCC(=O)OCCC)OC(=O)C=C.C=CC(=O)OCCC. The topological polar surface area (TPSA) is 132 Å². The minimum atomic E-state index is -0.763. The van der Waals surface area contributed by atoms with Crippen LogP contribution in [-0.2, 0) is 47.7 Å². The molecule has 0 aromatic carbocycles. The van der Waals surface area contributed by atoms with Gasteiger partial charge < -0.3 is 23.7 Å². The van der Waals surface area contributed by atoms with Crippen LogP contribution in [-0.4, -0.2) is 84.9 Å². The van der Waals surface area contributed by atoms with Crippen LogP contribution in [0.5, 0.6) is 0 Å². The number of esters is 5. The first-order chi connectivity index (χ1) is 19.2. The summed E-state index contributed by atoms with van der Waals surface area (Å²) in [6.07, 6.45) is 4.51. The van der Waals surface area contributed by atoms with Gasteiger partial charge in [0, 0.05) is 41.2 Å². The van der Waals surface area contributed by atoms with E-state index in [0.717, 1.165) is 37.5 Å². The van der Waals surface area contributed by atoms with Crippen LogP contribution in [0.3, 0.4) is 0 Å². The fraction of sp³-hybridized carbons (Fsp3) is 0.607. The first-order valence-corrected chi connectivity index (χ1v) is 15.4. The van der Waals surface area contributed by atoms with Crippen molar-refractivity contribution in [2.45, 2.75) is 65.1 Å². The van der Waals surface area contributed by atoms with E-state index >= 15 is 0 Å². The van der Waals surface area contributed by atoms with Crippen molar-refractivity contribution in [3.63, 3.8) is 0 Å². The van der Waals surface area contributed by atoms with Crippen molar-refractivity contribution in [1.29, 1.82) is 0 Å². The highest BCUT2D eigenvalue weighted by atomic mass is 32.2. The predicted molar refractivity (Wildman–Crippen MR) is 158 cm³/mol. The van der Waals surface area contributed by atoms with E-state index in [4.69, 9.17) is 18.9 Å². The van der Waals surface area contributed by atoms with Gasteiger partial charge in [-0.3, -0.25) is 9.59 Å². The Kier molecular flexibility index (Phi) is 27.4. The summed E-state index contributed by atoms with van der Waals surface area (Å²) in [5.41, 5.74) is 0. The van der Waals surface area contributed by atoms with E-state index in [1.165, 1.54) is 23.5 Å². The van der Waals surface area contributed by atoms with E-state index in [2.05, 4.69) is 24.5 Å². The molecule has 0 fully saturated rings. The minimum absolute atomic E-state index is 0.221. The third-order valence-electron chi connectivity index (χ3n) is 4.30. The average molecular weight is 605 g/mol. The van der Waals surface area contributed by atoms with Gasteiger partial charge in [0.1, 0.15) is 12.2 Å². The summed E-state index contributed by atoms with van der Waals surface area (Å²) in [5, 5.41) is 0. The zero-order valence-corrected chi connectivity index (χ0v) is 25.5. The summed E-state index contributed by atoms with van der Waals surface area (Å²) in [6, 6.07) is 0. The maximum Gasteiger partial charge on any atom is 0.330 e. The quantitative estimate of drug-likeness (QED) is 0.0748. The van der Waals surface area contributed by atoms with E-state index in [1.807, 2.05) is 20.8 Å². The van der Waals surface area contributed by atoms with Crippen LogP contribution in [0, 0.1) is 0 Å². The highest BCUT2D eigenvalue weighted by molar-refractivity contribution is 7.99. The molecular weight excluding hydrogens is 560 g/mol. The highest BCUT2D eigenvalue weighted by Crippen LogP contribution is 2.19. The molecule has 0 heterocycles. The van der Waals surface area contributed by atoms with Crippen molar-refractivity contribution in [1.82, 2.24) is 0 Å². The maximum atomic E-state index is 11.8. The van der Waals surface area contributed by atoms with Crippen LogP contribution in [0.1, 0.15) is 52.9 Å². The molecule has 0 amide bonds. The van der Waals surface area contributed by atoms with Gasteiger partial charge in [0.15, 0.2) is 0 Å². The second-order valence-corrected chi connectivity index (χ2v) is 10.1. The van der Waals surface area contributed by atoms with Crippen molar-refractivity contribution in [2.24, 2.45) is 0 Å². The van der Waals surface area contributed by atoms with Crippen LogP contribution in [0.25, 0.3) is 0 Å². The van der Waals surface area contributed by atoms with Crippen molar-refractivity contribution in [2.75, 3.05) is 42.8 Å². The molecule has 0 aliphatic carbocycles. The van der Waals surface area contributed by atoms with Gasteiger partial charge in [0.25, 0.3) is 0 Å². The van der Waals surface area contributed by atoms with Crippen molar-refractivity contribution < 1.29 is 47.7 Å². The second-order valence-electron chi connectivity index (χ2n) is 7.82. The monoisotopic (exact) mass is 604 g/mol. The van der Waals surface area contributed by atoms with E-state index in [-0.39, 0.29) is 30.7 Å². The van der Waals surface area contributed by atoms with Crippen molar-refractivity contribution in [3.8, 4) is 0 Å². The summed E-state index contributed by atoms with van der Waals surface area (Å²) in [5.74, 6) is -0.697. The smallest absolute Gasteiger partial charge is 0.330 e. The van der Waals surface area contributed by atoms with Crippen LogP contribution in [0.4, 0.5) is 0 Å². The zero-order chi connectivity index (χ0) is 30.6. The Morgan fingerprint density at radius 2 is 0.950 bits per heavy atom. The molecule has 0 saturated carbocycles. The van der Waals surface area contributed by atoms with Gasteiger partial charge in [-0.2, -0.15) is 23.5 Å². The third kappa shape index (κ3) is 24.3. The lowest BCUT2D eigenvalue weighted by molar-refractivity contribution is -0.158. The number of thioether (sulfide) groups is 2. The number of carbonyl (C=O) groups is 5. The zero-order valence-electron chi connectivity index (χ0n) is 23.9. The number of hydrogen-bond donors (Lipinski definition) is 0. The van der Waals surface area contributed by atoms with Crippen LogP contribution in [0.2, 0.25) is 0 Å². The highest BCUT2D eigenvalue weighted by Gasteiger charge is 2.28. The van der Waals surface area contributed by atoms with Gasteiger partial charge in [0.2, 0.25) is 0 Å². The van der Waals surface area contributed by atoms with E-state index in [0.29, 0.717) is 42.8 Å². The van der Waals surface area contributed by atoms with Gasteiger partial charge >= 0.3 is 29.8 Å². The molecule has 40 heavy (non-hydrogen) atoms. The van der Waals surface area contributed by atoms with E-state index in [1.54, 1.807) is 0 Å². The molecule has 0 aliphatic rings. The lowest BCUT2D eigenvalue weighted by atomic mass is 10.2. The van der Waals surface area contributed by atoms with Crippen LogP contribution in [0.15, 0.2) is 38.0 Å². The largest absolute Gasteiger partial charge is 0.466 e. The molecule has 0 N–H and O–H groups in total. The minimum Gasteiger partial charge on any atom is -0.466 e. The number of hydrogen-bond acceptors (Lipinski definition) is 12. The molecule has 10 nitrogen and oxygen atoms in total. The molecule has 0 aromatic heterocycles. The molecule has 12 heteroatoms. The Morgan fingerprint density at radius 1 is 0.600 bits per heavy atom. The first kappa shape index (κ1) is 39.4. The lowest BCUT2D eigenvalue weighted by Gasteiger charge is -2.26. The fourth-order valence-electron chi connectivity index (χ4n) is 2.38. The van der Waals surface area contributed by atoms with Crippen LogP contribution >= 0.6 is 23.5 Å². The summed E-state index contributed by atoms with van der Waals surface area (Å²) < 4.78 is 25.4. The van der Waals surface area contributed by atoms with E-state index in [9.17, 15) is 24.0 Å². The van der Waals surface area contributed by atoms with E-state index < -0.39 is 24.1 Å². The third-order valence-corrected chi connectivity index (χ3v) is 6.41. The number of rotatable bonds is 22. The molecule has 2 unspecified atom stereocenters. The molecule has 0 aromatic rings. The Bertz CT molecular complexity index is 733. The fourth-order valence-corrected chi connectivity index (χ4v) is 4.36. The molecule has 0 rings (SSSR count). The molecule has 0 spiro atoms. The Balaban J connectivity index is 0. The standard InChI is InChI=1S/C22H34O8S2.C6H10O2/c1-5-11-27-21(25)9-13-31-15-17(29-19(23)7-3)18(30-20(24)8-4)16-32-14-10-22(26)28-12-6-2;1-3-5-8-6(7)4-2/h7-8,17-18H,3-6,9-16H2,1-2H3;4H,2-3,5H2,1H3. The number of ether oxygens (including phenoxy) is 5. The molecule has 228 valence electrons. The summed E-state index contributed by atoms with van der Waals surface area (Å²) >= 11 is 2.76. The first-order valence-electron chi connectivity index (χ1n) is 13.1. The average Bonchev–Trinajstić information content (AvgIpc) is 2.96. The summed E-state index contributed by atoms with van der Waals surface area (Å²) in [4.78, 5) is 57.1. The van der Waals surface area contributed by atoms with Gasteiger partial charge in [-0.15, -0.1) is 0 Å². The van der Waals surface area contributed by atoms with Crippen LogP contribution < -0.4 is 0 Å². The van der Waals surface area contributed by atoms with Gasteiger partial charge in [-0.05, 0) is 19.3 Å². The molecule has 2 atom stereocenters. The predicted octanol–water partition coefficient (Wildman–Crippen LogP) is 4.46. The Hall–Kier alpha value is -2.73. The summed E-state index contributed by atoms with van der Waals surface area (Å²) in [7, 11) is 0. The molecule has 0 aliphatic heterocycles. The maximum absolute atomic E-state index is 11.8. The second kappa shape index (κ2) is 27.8. The number of carbonyl (C=O) groups excluding carboxylic acids is 5. The molecule has 0 bridgehead atoms. The lowest BCUT2D eigenvalue weighted by Crippen LogP contribution is -2.38.